The Morgan fingerprint density at radius 3 is 2.95 bits per heavy atom. The molecule has 2 rings (SSSR count). The van der Waals surface area contributed by atoms with Crippen LogP contribution >= 0.6 is 12.2 Å². The molecule has 0 saturated carbocycles. The van der Waals surface area contributed by atoms with Crippen molar-refractivity contribution in [3.63, 3.8) is 0 Å². The molecule has 106 valence electrons. The van der Waals surface area contributed by atoms with Crippen molar-refractivity contribution < 1.29 is 9.15 Å². The number of ether oxygens (including phenoxy) is 1. The van der Waals surface area contributed by atoms with Crippen molar-refractivity contribution in [3.05, 3.63) is 30.0 Å². The van der Waals surface area contributed by atoms with Gasteiger partial charge in [0, 0.05) is 11.9 Å². The molecule has 2 aromatic rings. The lowest BCUT2D eigenvalue weighted by atomic mass is 10.2. The van der Waals surface area contributed by atoms with E-state index in [1.807, 2.05) is 38.1 Å². The molecule has 0 fully saturated rings. The third-order valence-corrected chi connectivity index (χ3v) is 2.98. The van der Waals surface area contributed by atoms with Crippen LogP contribution < -0.4 is 15.5 Å². The summed E-state index contributed by atoms with van der Waals surface area (Å²) in [7, 11) is 1.62. The standard InChI is InChI=1S/C14H17N3O2S/c1-4-15-14(20)17-16-9(2)12-8-10-6-5-7-11(18-3)13(10)19-12/h5-8H,4H2,1-3H3,(H2,15,17,20)/b16-9-. The van der Waals surface area contributed by atoms with Crippen LogP contribution in [0.1, 0.15) is 19.6 Å². The first kappa shape index (κ1) is 14.3. The Labute approximate surface area is 123 Å². The molecule has 0 bridgehead atoms. The zero-order valence-electron chi connectivity index (χ0n) is 11.7. The molecule has 0 aliphatic carbocycles. The number of hydrazone groups is 1. The maximum Gasteiger partial charge on any atom is 0.186 e. The summed E-state index contributed by atoms with van der Waals surface area (Å²) < 4.78 is 11.1. The number of furan rings is 1. The van der Waals surface area contributed by atoms with Crippen molar-refractivity contribution in [1.82, 2.24) is 10.7 Å². The lowest BCUT2D eigenvalue weighted by Crippen LogP contribution is -2.32. The van der Waals surface area contributed by atoms with Gasteiger partial charge in [-0.3, -0.25) is 5.43 Å². The zero-order chi connectivity index (χ0) is 14.5. The van der Waals surface area contributed by atoms with E-state index >= 15 is 0 Å². The van der Waals surface area contributed by atoms with Gasteiger partial charge in [-0.25, -0.2) is 0 Å². The second-order valence-electron chi connectivity index (χ2n) is 4.16. The quantitative estimate of drug-likeness (QED) is 0.515. The fourth-order valence-electron chi connectivity index (χ4n) is 1.77. The van der Waals surface area contributed by atoms with Gasteiger partial charge in [-0.05, 0) is 38.2 Å². The summed E-state index contributed by atoms with van der Waals surface area (Å²) in [6.45, 7) is 4.57. The second-order valence-corrected chi connectivity index (χ2v) is 4.57. The molecule has 0 spiro atoms. The Hall–Kier alpha value is -2.08. The molecule has 5 nitrogen and oxygen atoms in total. The largest absolute Gasteiger partial charge is 0.493 e. The van der Waals surface area contributed by atoms with Crippen LogP contribution in [-0.2, 0) is 0 Å². The SMILES string of the molecule is CCNC(=S)N/N=C(/C)c1cc2cccc(OC)c2o1. The summed E-state index contributed by atoms with van der Waals surface area (Å²) in [5.74, 6) is 1.38. The number of thiocarbonyl (C=S) groups is 1. The Kier molecular flexibility index (Phi) is 4.57. The van der Waals surface area contributed by atoms with Crippen molar-refractivity contribution in [2.45, 2.75) is 13.8 Å². The maximum absolute atomic E-state index is 5.78. The smallest absolute Gasteiger partial charge is 0.186 e. The lowest BCUT2D eigenvalue weighted by Gasteiger charge is -2.04. The number of methoxy groups -OCH3 is 1. The van der Waals surface area contributed by atoms with Gasteiger partial charge in [0.1, 0.15) is 5.71 Å². The monoisotopic (exact) mass is 291 g/mol. The van der Waals surface area contributed by atoms with Crippen LogP contribution in [0.3, 0.4) is 0 Å². The Bertz CT molecular complexity index is 649. The number of nitrogens with zero attached hydrogens (tertiary/aromatic N) is 1. The first-order chi connectivity index (χ1) is 9.65. The van der Waals surface area contributed by atoms with E-state index in [9.17, 15) is 0 Å². The summed E-state index contributed by atoms with van der Waals surface area (Å²) in [5.41, 5.74) is 4.20. The second kappa shape index (κ2) is 6.38. The van der Waals surface area contributed by atoms with Crippen LogP contribution in [0.5, 0.6) is 5.75 Å². The zero-order valence-corrected chi connectivity index (χ0v) is 12.5. The average molecular weight is 291 g/mol. The third-order valence-electron chi connectivity index (χ3n) is 2.75. The maximum atomic E-state index is 5.78. The molecule has 1 heterocycles. The van der Waals surface area contributed by atoms with Gasteiger partial charge < -0.3 is 14.5 Å². The van der Waals surface area contributed by atoms with Gasteiger partial charge in [-0.1, -0.05) is 12.1 Å². The summed E-state index contributed by atoms with van der Waals surface area (Å²) in [6, 6.07) is 7.68. The first-order valence-corrected chi connectivity index (χ1v) is 6.71. The number of benzene rings is 1. The van der Waals surface area contributed by atoms with Crippen LogP contribution in [0.25, 0.3) is 11.0 Å². The summed E-state index contributed by atoms with van der Waals surface area (Å²) in [5, 5.41) is 8.61. The first-order valence-electron chi connectivity index (χ1n) is 6.30. The fraction of sp³-hybridized carbons (Fsp3) is 0.286. The molecule has 0 aliphatic heterocycles. The third kappa shape index (κ3) is 3.08. The highest BCUT2D eigenvalue weighted by atomic mass is 32.1. The van der Waals surface area contributed by atoms with Gasteiger partial charge in [0.15, 0.2) is 22.2 Å². The van der Waals surface area contributed by atoms with Crippen LogP contribution in [0.4, 0.5) is 0 Å². The van der Waals surface area contributed by atoms with E-state index < -0.39 is 0 Å². The Morgan fingerprint density at radius 1 is 1.45 bits per heavy atom. The molecule has 6 heteroatoms. The van der Waals surface area contributed by atoms with Crippen LogP contribution in [-0.4, -0.2) is 24.5 Å². The van der Waals surface area contributed by atoms with Gasteiger partial charge in [-0.15, -0.1) is 0 Å². The Morgan fingerprint density at radius 2 is 2.25 bits per heavy atom. The minimum atomic E-state index is 0.487. The molecule has 2 N–H and O–H groups in total. The van der Waals surface area contributed by atoms with Gasteiger partial charge in [0.2, 0.25) is 0 Å². The fourth-order valence-corrected chi connectivity index (χ4v) is 1.96. The van der Waals surface area contributed by atoms with Crippen LogP contribution in [0.15, 0.2) is 33.8 Å². The molecular formula is C14H17N3O2S. The van der Waals surface area contributed by atoms with Crippen molar-refractivity contribution in [1.29, 1.82) is 0 Å². The number of nitrogens with one attached hydrogen (secondary N) is 2. The molecule has 0 unspecified atom stereocenters. The van der Waals surface area contributed by atoms with E-state index in [2.05, 4.69) is 15.8 Å². The van der Waals surface area contributed by atoms with Crippen molar-refractivity contribution in [2.24, 2.45) is 5.10 Å². The molecular weight excluding hydrogens is 274 g/mol. The topological polar surface area (TPSA) is 58.8 Å². The van der Waals surface area contributed by atoms with Crippen molar-refractivity contribution >= 4 is 34.0 Å². The van der Waals surface area contributed by atoms with Crippen molar-refractivity contribution in [2.75, 3.05) is 13.7 Å². The van der Waals surface area contributed by atoms with Gasteiger partial charge >= 0.3 is 0 Å². The number of fused-ring (bicyclic) bond motifs is 1. The average Bonchev–Trinajstić information content (AvgIpc) is 2.89. The Balaban J connectivity index is 2.24. The highest BCUT2D eigenvalue weighted by Crippen LogP contribution is 2.28. The predicted molar refractivity (Wildman–Crippen MR) is 84.4 cm³/mol. The summed E-state index contributed by atoms with van der Waals surface area (Å²) in [6.07, 6.45) is 0. The van der Waals surface area contributed by atoms with Gasteiger partial charge in [0.25, 0.3) is 0 Å². The predicted octanol–water partition coefficient (Wildman–Crippen LogP) is 2.65. The number of rotatable bonds is 4. The molecule has 1 aromatic heterocycles. The number of para-hydroxylation sites is 1. The molecule has 20 heavy (non-hydrogen) atoms. The van der Waals surface area contributed by atoms with E-state index in [0.717, 1.165) is 11.9 Å². The molecule has 0 atom stereocenters. The summed E-state index contributed by atoms with van der Waals surface area (Å²) in [4.78, 5) is 0. The highest BCUT2D eigenvalue weighted by molar-refractivity contribution is 7.80. The van der Waals surface area contributed by atoms with E-state index in [0.29, 0.717) is 27.9 Å². The van der Waals surface area contributed by atoms with E-state index in [1.54, 1.807) is 7.11 Å². The number of hydrogen-bond acceptors (Lipinski definition) is 4. The molecule has 0 radical (unpaired) electrons. The van der Waals surface area contributed by atoms with Gasteiger partial charge in [0.05, 0.1) is 7.11 Å². The van der Waals surface area contributed by atoms with Crippen molar-refractivity contribution in [3.8, 4) is 5.75 Å². The van der Waals surface area contributed by atoms with Crippen LogP contribution in [0, 0.1) is 0 Å². The minimum Gasteiger partial charge on any atom is -0.493 e. The highest BCUT2D eigenvalue weighted by Gasteiger charge is 2.10. The minimum absolute atomic E-state index is 0.487. The normalized spacial score (nSPS) is 11.4. The summed E-state index contributed by atoms with van der Waals surface area (Å²) >= 11 is 5.05. The molecule has 0 saturated heterocycles. The molecule has 1 aromatic carbocycles. The number of hydrogen-bond donors (Lipinski definition) is 2. The van der Waals surface area contributed by atoms with Crippen LogP contribution in [0.2, 0.25) is 0 Å². The van der Waals surface area contributed by atoms with E-state index in [-0.39, 0.29) is 0 Å². The molecule has 0 aliphatic rings. The van der Waals surface area contributed by atoms with E-state index in [4.69, 9.17) is 21.4 Å². The van der Waals surface area contributed by atoms with Gasteiger partial charge in [-0.2, -0.15) is 5.10 Å². The lowest BCUT2D eigenvalue weighted by molar-refractivity contribution is 0.410. The van der Waals surface area contributed by atoms with E-state index in [1.165, 1.54) is 0 Å². The molecule has 0 amide bonds.